The molecule has 1 aliphatic carbocycles. The van der Waals surface area contributed by atoms with Gasteiger partial charge in [-0.05, 0) is 50.1 Å². The Kier molecular flexibility index (Phi) is 5.88. The van der Waals surface area contributed by atoms with Crippen molar-refractivity contribution < 1.29 is 14.3 Å². The van der Waals surface area contributed by atoms with E-state index in [2.05, 4.69) is 15.7 Å². The van der Waals surface area contributed by atoms with Gasteiger partial charge in [-0.15, -0.1) is 0 Å². The third kappa shape index (κ3) is 4.62. The maximum absolute atomic E-state index is 12.1. The van der Waals surface area contributed by atoms with Crippen LogP contribution in [-0.4, -0.2) is 34.4 Å². The predicted octanol–water partition coefficient (Wildman–Crippen LogP) is 3.50. The Morgan fingerprint density at radius 1 is 1.15 bits per heavy atom. The standard InChI is InChI=1S/C19H24N4O3/c1-2-26-18(24)17-12-13-23(22-17)16-10-8-15(9-11-16)21-19(25)20-14-6-4-3-5-7-14/h8-14H,2-7H2,1H3,(H2,20,21,25). The van der Waals surface area contributed by atoms with Crippen LogP contribution in [0, 0.1) is 0 Å². The molecule has 138 valence electrons. The molecule has 1 heterocycles. The number of carbonyl (C=O) groups is 2. The molecule has 26 heavy (non-hydrogen) atoms. The maximum Gasteiger partial charge on any atom is 0.358 e. The van der Waals surface area contributed by atoms with Crippen molar-refractivity contribution in [1.29, 1.82) is 0 Å². The van der Waals surface area contributed by atoms with Crippen LogP contribution in [0.4, 0.5) is 10.5 Å². The lowest BCUT2D eigenvalue weighted by atomic mass is 9.96. The Morgan fingerprint density at radius 3 is 2.58 bits per heavy atom. The van der Waals surface area contributed by atoms with Gasteiger partial charge in [0.15, 0.2) is 5.69 Å². The molecule has 0 saturated heterocycles. The lowest BCUT2D eigenvalue weighted by Gasteiger charge is -2.22. The fourth-order valence-corrected chi connectivity index (χ4v) is 3.08. The van der Waals surface area contributed by atoms with Crippen LogP contribution in [0.3, 0.4) is 0 Å². The van der Waals surface area contributed by atoms with E-state index < -0.39 is 5.97 Å². The van der Waals surface area contributed by atoms with Crippen molar-refractivity contribution in [3.63, 3.8) is 0 Å². The number of nitrogens with zero attached hydrogens (tertiary/aromatic N) is 2. The van der Waals surface area contributed by atoms with Crippen LogP contribution in [0.25, 0.3) is 5.69 Å². The first-order valence-electron chi connectivity index (χ1n) is 9.06. The third-order valence-corrected chi connectivity index (χ3v) is 4.40. The molecular formula is C19H24N4O3. The molecule has 0 radical (unpaired) electrons. The Hall–Kier alpha value is -2.83. The Bertz CT molecular complexity index is 748. The number of ether oxygens (including phenoxy) is 1. The normalized spacial score (nSPS) is 14.7. The van der Waals surface area contributed by atoms with Gasteiger partial charge in [-0.3, -0.25) is 0 Å². The molecule has 0 aliphatic heterocycles. The van der Waals surface area contributed by atoms with Crippen LogP contribution in [-0.2, 0) is 4.74 Å². The van der Waals surface area contributed by atoms with E-state index in [0.717, 1.165) is 18.5 Å². The first kappa shape index (κ1) is 18.0. The Labute approximate surface area is 152 Å². The van der Waals surface area contributed by atoms with Crippen LogP contribution in [0.5, 0.6) is 0 Å². The molecule has 1 fully saturated rings. The molecule has 0 bridgehead atoms. The van der Waals surface area contributed by atoms with Crippen molar-refractivity contribution in [3.05, 3.63) is 42.2 Å². The zero-order valence-corrected chi connectivity index (χ0v) is 14.9. The summed E-state index contributed by atoms with van der Waals surface area (Å²) in [5, 5.41) is 10.1. The highest BCUT2D eigenvalue weighted by Crippen LogP contribution is 2.18. The summed E-state index contributed by atoms with van der Waals surface area (Å²) in [6.45, 7) is 2.07. The van der Waals surface area contributed by atoms with Crippen LogP contribution >= 0.6 is 0 Å². The van der Waals surface area contributed by atoms with Gasteiger partial charge in [-0.2, -0.15) is 5.10 Å². The molecule has 7 heteroatoms. The third-order valence-electron chi connectivity index (χ3n) is 4.40. The van der Waals surface area contributed by atoms with Crippen molar-refractivity contribution in [2.75, 3.05) is 11.9 Å². The second-order valence-electron chi connectivity index (χ2n) is 6.35. The summed E-state index contributed by atoms with van der Waals surface area (Å²) in [6.07, 6.45) is 7.41. The number of nitrogens with one attached hydrogen (secondary N) is 2. The van der Waals surface area contributed by atoms with Gasteiger partial charge in [-0.1, -0.05) is 19.3 Å². The van der Waals surface area contributed by atoms with Gasteiger partial charge in [0.2, 0.25) is 0 Å². The van der Waals surface area contributed by atoms with Gasteiger partial charge in [0.1, 0.15) is 0 Å². The number of aromatic nitrogens is 2. The average molecular weight is 356 g/mol. The van der Waals surface area contributed by atoms with E-state index in [1.807, 2.05) is 24.3 Å². The van der Waals surface area contributed by atoms with E-state index >= 15 is 0 Å². The Morgan fingerprint density at radius 2 is 1.88 bits per heavy atom. The monoisotopic (exact) mass is 356 g/mol. The summed E-state index contributed by atoms with van der Waals surface area (Å²) in [7, 11) is 0. The summed E-state index contributed by atoms with van der Waals surface area (Å²) in [6, 6.07) is 8.99. The second-order valence-corrected chi connectivity index (χ2v) is 6.35. The lowest BCUT2D eigenvalue weighted by Crippen LogP contribution is -2.38. The summed E-state index contributed by atoms with van der Waals surface area (Å²) >= 11 is 0. The quantitative estimate of drug-likeness (QED) is 0.803. The molecule has 0 spiro atoms. The number of urea groups is 1. The smallest absolute Gasteiger partial charge is 0.358 e. The minimum atomic E-state index is -0.441. The number of hydrogen-bond donors (Lipinski definition) is 2. The van der Waals surface area contributed by atoms with Crippen molar-refractivity contribution in [2.45, 2.75) is 45.1 Å². The lowest BCUT2D eigenvalue weighted by molar-refractivity contribution is 0.0519. The van der Waals surface area contributed by atoms with Gasteiger partial charge < -0.3 is 15.4 Å². The van der Waals surface area contributed by atoms with E-state index in [1.165, 1.54) is 19.3 Å². The van der Waals surface area contributed by atoms with Crippen LogP contribution in [0.15, 0.2) is 36.5 Å². The van der Waals surface area contributed by atoms with Crippen LogP contribution < -0.4 is 10.6 Å². The Balaban J connectivity index is 1.58. The minimum Gasteiger partial charge on any atom is -0.461 e. The van der Waals surface area contributed by atoms with Gasteiger partial charge >= 0.3 is 12.0 Å². The fourth-order valence-electron chi connectivity index (χ4n) is 3.08. The van der Waals surface area contributed by atoms with E-state index in [4.69, 9.17) is 4.74 Å². The van der Waals surface area contributed by atoms with E-state index in [1.54, 1.807) is 23.9 Å². The molecule has 1 aromatic heterocycles. The summed E-state index contributed by atoms with van der Waals surface area (Å²) in [4.78, 5) is 23.8. The van der Waals surface area contributed by atoms with Gasteiger partial charge in [0, 0.05) is 17.9 Å². The number of anilines is 1. The van der Waals surface area contributed by atoms with Crippen LogP contribution in [0.2, 0.25) is 0 Å². The summed E-state index contributed by atoms with van der Waals surface area (Å²) in [5.74, 6) is -0.441. The maximum atomic E-state index is 12.1. The number of benzene rings is 1. The average Bonchev–Trinajstić information content (AvgIpc) is 3.13. The molecule has 1 aliphatic rings. The predicted molar refractivity (Wildman–Crippen MR) is 98.5 cm³/mol. The van der Waals surface area contributed by atoms with Crippen molar-refractivity contribution >= 4 is 17.7 Å². The number of hydrogen-bond acceptors (Lipinski definition) is 4. The first-order valence-corrected chi connectivity index (χ1v) is 9.06. The van der Waals surface area contributed by atoms with E-state index in [0.29, 0.717) is 12.3 Å². The van der Waals surface area contributed by atoms with E-state index in [9.17, 15) is 9.59 Å². The number of carbonyl (C=O) groups excluding carboxylic acids is 2. The topological polar surface area (TPSA) is 85.2 Å². The summed E-state index contributed by atoms with van der Waals surface area (Å²) < 4.78 is 6.53. The fraction of sp³-hybridized carbons (Fsp3) is 0.421. The highest BCUT2D eigenvalue weighted by atomic mass is 16.5. The minimum absolute atomic E-state index is 0.173. The zero-order chi connectivity index (χ0) is 18.4. The SMILES string of the molecule is CCOC(=O)c1ccn(-c2ccc(NC(=O)NC3CCCCC3)cc2)n1. The molecule has 2 aromatic rings. The highest BCUT2D eigenvalue weighted by Gasteiger charge is 2.15. The molecule has 3 rings (SSSR count). The molecule has 1 aromatic carbocycles. The molecule has 2 N–H and O–H groups in total. The first-order chi connectivity index (χ1) is 12.7. The molecule has 1 saturated carbocycles. The number of rotatable bonds is 5. The second kappa shape index (κ2) is 8.51. The van der Waals surface area contributed by atoms with Gasteiger partial charge in [-0.25, -0.2) is 14.3 Å². The van der Waals surface area contributed by atoms with Gasteiger partial charge in [0.25, 0.3) is 0 Å². The number of esters is 1. The molecular weight excluding hydrogens is 332 g/mol. The summed E-state index contributed by atoms with van der Waals surface area (Å²) in [5.41, 5.74) is 1.76. The van der Waals surface area contributed by atoms with Crippen molar-refractivity contribution in [1.82, 2.24) is 15.1 Å². The van der Waals surface area contributed by atoms with Gasteiger partial charge in [0.05, 0.1) is 12.3 Å². The number of amides is 2. The van der Waals surface area contributed by atoms with Crippen LogP contribution in [0.1, 0.15) is 49.5 Å². The molecule has 0 atom stereocenters. The zero-order valence-electron chi connectivity index (χ0n) is 14.9. The van der Waals surface area contributed by atoms with Crippen molar-refractivity contribution in [2.24, 2.45) is 0 Å². The van der Waals surface area contributed by atoms with Crippen molar-refractivity contribution in [3.8, 4) is 5.69 Å². The van der Waals surface area contributed by atoms with E-state index in [-0.39, 0.29) is 17.8 Å². The molecule has 7 nitrogen and oxygen atoms in total. The highest BCUT2D eigenvalue weighted by molar-refractivity contribution is 5.89. The largest absolute Gasteiger partial charge is 0.461 e. The molecule has 2 amide bonds. The molecule has 0 unspecified atom stereocenters.